The largest absolute Gasteiger partial charge is 0.334 e. The molecule has 0 radical (unpaired) electrons. The number of rotatable bonds is 2. The number of hydrogen-bond acceptors (Lipinski definition) is 3. The van der Waals surface area contributed by atoms with Crippen molar-refractivity contribution in [1.82, 2.24) is 9.88 Å². The van der Waals surface area contributed by atoms with E-state index in [1.54, 1.807) is 6.07 Å². The zero-order valence-electron chi connectivity index (χ0n) is 11.6. The van der Waals surface area contributed by atoms with E-state index in [-0.39, 0.29) is 24.1 Å². The zero-order valence-corrected chi connectivity index (χ0v) is 11.6. The minimum atomic E-state index is -1.33. The van der Waals surface area contributed by atoms with E-state index in [0.29, 0.717) is 25.1 Å². The van der Waals surface area contributed by atoms with Crippen molar-refractivity contribution in [3.8, 4) is 0 Å². The summed E-state index contributed by atoms with van der Waals surface area (Å²) < 4.78 is 13.9. The maximum absolute atomic E-state index is 13.9. The van der Waals surface area contributed by atoms with Crippen LogP contribution in [0.4, 0.5) is 10.1 Å². The first kappa shape index (κ1) is 14.4. The maximum atomic E-state index is 13.9. The van der Waals surface area contributed by atoms with Crippen LogP contribution >= 0.6 is 0 Å². The van der Waals surface area contributed by atoms with Crippen molar-refractivity contribution >= 4 is 17.5 Å². The Morgan fingerprint density at radius 1 is 1.45 bits per heavy atom. The molecule has 1 aromatic heterocycles. The van der Waals surface area contributed by atoms with Crippen LogP contribution < -0.4 is 5.32 Å². The number of carbonyl (C=O) groups is 2. The predicted molar refractivity (Wildman–Crippen MR) is 73.2 cm³/mol. The van der Waals surface area contributed by atoms with Gasteiger partial charge in [-0.1, -0.05) is 0 Å². The molecule has 0 bridgehead atoms. The van der Waals surface area contributed by atoms with E-state index in [2.05, 4.69) is 10.3 Å². The average Bonchev–Trinajstić information content (AvgIpc) is 2.37. The summed E-state index contributed by atoms with van der Waals surface area (Å²) in [5, 5.41) is 2.58. The minimum Gasteiger partial charge on any atom is -0.334 e. The number of pyridine rings is 1. The fourth-order valence-electron chi connectivity index (χ4n) is 2.33. The number of hydrogen-bond donors (Lipinski definition) is 1. The Morgan fingerprint density at radius 3 is 2.75 bits per heavy atom. The molecule has 1 N–H and O–H groups in total. The highest BCUT2D eigenvalue weighted by atomic mass is 19.1. The second kappa shape index (κ2) is 5.56. The first-order chi connectivity index (χ1) is 9.37. The lowest BCUT2D eigenvalue weighted by molar-refractivity contribution is -0.114. The molecule has 5 nitrogen and oxygen atoms in total. The van der Waals surface area contributed by atoms with E-state index in [4.69, 9.17) is 0 Å². The third-order valence-electron chi connectivity index (χ3n) is 3.24. The second-order valence-electron chi connectivity index (χ2n) is 5.36. The molecule has 1 aliphatic heterocycles. The van der Waals surface area contributed by atoms with E-state index in [0.717, 1.165) is 0 Å². The monoisotopic (exact) mass is 279 g/mol. The lowest BCUT2D eigenvalue weighted by Crippen LogP contribution is -2.46. The molecule has 0 saturated carbocycles. The van der Waals surface area contributed by atoms with Crippen LogP contribution in [-0.2, 0) is 4.79 Å². The third kappa shape index (κ3) is 3.53. The van der Waals surface area contributed by atoms with Crippen LogP contribution in [-0.4, -0.2) is 40.5 Å². The van der Waals surface area contributed by atoms with Gasteiger partial charge in [0.1, 0.15) is 11.4 Å². The Kier molecular flexibility index (Phi) is 4.01. The standard InChI is InChI=1S/C14H18FN3O2/c1-10(19)17-11-4-5-12(16-8-11)13(20)18-7-3-6-14(2,15)9-18/h4-5,8H,3,6-7,9H2,1-2H3,(H,17,19)/t14-/m0/s1. The van der Waals surface area contributed by atoms with E-state index >= 15 is 0 Å². The molecule has 1 fully saturated rings. The van der Waals surface area contributed by atoms with Crippen LogP contribution in [0.2, 0.25) is 0 Å². The number of nitrogens with one attached hydrogen (secondary N) is 1. The minimum absolute atomic E-state index is 0.0982. The number of amides is 2. The van der Waals surface area contributed by atoms with Gasteiger partial charge in [-0.15, -0.1) is 0 Å². The van der Waals surface area contributed by atoms with E-state index in [9.17, 15) is 14.0 Å². The number of alkyl halides is 1. The van der Waals surface area contributed by atoms with Gasteiger partial charge in [0.2, 0.25) is 5.91 Å². The van der Waals surface area contributed by atoms with Crippen LogP contribution in [0.3, 0.4) is 0 Å². The number of nitrogens with zero attached hydrogens (tertiary/aromatic N) is 2. The highest BCUT2D eigenvalue weighted by Gasteiger charge is 2.33. The number of likely N-dealkylation sites (tertiary alicyclic amines) is 1. The Hall–Kier alpha value is -1.98. The normalized spacial score (nSPS) is 22.4. The smallest absolute Gasteiger partial charge is 0.272 e. The highest BCUT2D eigenvalue weighted by molar-refractivity contribution is 5.93. The molecule has 0 spiro atoms. The van der Waals surface area contributed by atoms with Gasteiger partial charge >= 0.3 is 0 Å². The van der Waals surface area contributed by atoms with Crippen LogP contribution in [0.25, 0.3) is 0 Å². The molecule has 2 amide bonds. The first-order valence-electron chi connectivity index (χ1n) is 6.59. The molecular weight excluding hydrogens is 261 g/mol. The first-order valence-corrected chi connectivity index (χ1v) is 6.59. The van der Waals surface area contributed by atoms with E-state index in [1.165, 1.54) is 31.0 Å². The number of aromatic nitrogens is 1. The summed E-state index contributed by atoms with van der Waals surface area (Å²) in [6.45, 7) is 3.56. The molecule has 108 valence electrons. The topological polar surface area (TPSA) is 62.3 Å². The molecule has 0 aromatic carbocycles. The molecule has 1 aromatic rings. The molecule has 2 heterocycles. The van der Waals surface area contributed by atoms with Crippen molar-refractivity contribution in [2.45, 2.75) is 32.4 Å². The zero-order chi connectivity index (χ0) is 14.8. The van der Waals surface area contributed by atoms with Gasteiger partial charge in [0.15, 0.2) is 0 Å². The van der Waals surface area contributed by atoms with Gasteiger partial charge in [-0.2, -0.15) is 0 Å². The fourth-order valence-corrected chi connectivity index (χ4v) is 2.33. The summed E-state index contributed by atoms with van der Waals surface area (Å²) in [7, 11) is 0. The van der Waals surface area contributed by atoms with Crippen LogP contribution in [0, 0.1) is 0 Å². The molecule has 2 rings (SSSR count). The van der Waals surface area contributed by atoms with Crippen LogP contribution in [0.15, 0.2) is 18.3 Å². The molecule has 20 heavy (non-hydrogen) atoms. The van der Waals surface area contributed by atoms with Gasteiger partial charge in [-0.3, -0.25) is 9.59 Å². The molecule has 1 atom stereocenters. The average molecular weight is 279 g/mol. The van der Waals surface area contributed by atoms with Crippen molar-refractivity contribution in [3.63, 3.8) is 0 Å². The number of anilines is 1. The van der Waals surface area contributed by atoms with Crippen molar-refractivity contribution in [1.29, 1.82) is 0 Å². The summed E-state index contributed by atoms with van der Waals surface area (Å²) in [6.07, 6.45) is 2.56. The Morgan fingerprint density at radius 2 is 2.20 bits per heavy atom. The Balaban J connectivity index is 2.07. The van der Waals surface area contributed by atoms with Crippen molar-refractivity contribution < 1.29 is 14.0 Å². The summed E-state index contributed by atoms with van der Waals surface area (Å²) in [5.41, 5.74) is -0.538. The molecule has 0 aliphatic carbocycles. The van der Waals surface area contributed by atoms with Gasteiger partial charge in [0, 0.05) is 13.5 Å². The number of carbonyl (C=O) groups excluding carboxylic acids is 2. The SMILES string of the molecule is CC(=O)Nc1ccc(C(=O)N2CCC[C@](C)(F)C2)nc1. The molecule has 6 heteroatoms. The molecule has 1 saturated heterocycles. The van der Waals surface area contributed by atoms with Gasteiger partial charge in [0.25, 0.3) is 5.91 Å². The van der Waals surface area contributed by atoms with Crippen LogP contribution in [0.1, 0.15) is 37.2 Å². The van der Waals surface area contributed by atoms with Crippen molar-refractivity contribution in [3.05, 3.63) is 24.0 Å². The summed E-state index contributed by atoms with van der Waals surface area (Å²) in [6, 6.07) is 3.15. The van der Waals surface area contributed by atoms with E-state index in [1.807, 2.05) is 0 Å². The second-order valence-corrected chi connectivity index (χ2v) is 5.36. The third-order valence-corrected chi connectivity index (χ3v) is 3.24. The fraction of sp³-hybridized carbons (Fsp3) is 0.500. The summed E-state index contributed by atoms with van der Waals surface area (Å²) >= 11 is 0. The van der Waals surface area contributed by atoms with Crippen molar-refractivity contribution in [2.24, 2.45) is 0 Å². The Labute approximate surface area is 117 Å². The van der Waals surface area contributed by atoms with E-state index < -0.39 is 5.67 Å². The lowest BCUT2D eigenvalue weighted by atomic mass is 9.97. The Bertz CT molecular complexity index is 514. The summed E-state index contributed by atoms with van der Waals surface area (Å²) in [4.78, 5) is 28.6. The van der Waals surface area contributed by atoms with Crippen molar-refractivity contribution in [2.75, 3.05) is 18.4 Å². The number of piperidine rings is 1. The lowest BCUT2D eigenvalue weighted by Gasteiger charge is -2.34. The van der Waals surface area contributed by atoms with Crippen LogP contribution in [0.5, 0.6) is 0 Å². The summed E-state index contributed by atoms with van der Waals surface area (Å²) in [5.74, 6) is -0.474. The molecule has 0 unspecified atom stereocenters. The highest BCUT2D eigenvalue weighted by Crippen LogP contribution is 2.25. The molecular formula is C14H18FN3O2. The van der Waals surface area contributed by atoms with Gasteiger partial charge in [-0.05, 0) is 31.9 Å². The van der Waals surface area contributed by atoms with Gasteiger partial charge in [0.05, 0.1) is 18.4 Å². The number of halogens is 1. The van der Waals surface area contributed by atoms with Gasteiger partial charge < -0.3 is 10.2 Å². The molecule has 1 aliphatic rings. The maximum Gasteiger partial charge on any atom is 0.272 e. The predicted octanol–water partition coefficient (Wildman–Crippen LogP) is 2.00. The quantitative estimate of drug-likeness (QED) is 0.900. The van der Waals surface area contributed by atoms with Gasteiger partial charge in [-0.25, -0.2) is 9.37 Å².